The summed E-state index contributed by atoms with van der Waals surface area (Å²) in [6.07, 6.45) is 36.0. The molecule has 3 heteroatoms. The number of allylic oxidation sites excluding steroid dienone is 15. The van der Waals surface area contributed by atoms with Crippen LogP contribution in [0.3, 0.4) is 0 Å². The van der Waals surface area contributed by atoms with Gasteiger partial charge in [-0.15, -0.1) is 0 Å². The second kappa shape index (κ2) is 13.4. The maximum absolute atomic E-state index is 6.83. The van der Waals surface area contributed by atoms with Crippen LogP contribution in [0, 0.1) is 11.8 Å². The van der Waals surface area contributed by atoms with Crippen LogP contribution < -0.4 is 9.64 Å². The van der Waals surface area contributed by atoms with Gasteiger partial charge in [-0.25, -0.2) is 0 Å². The van der Waals surface area contributed by atoms with E-state index < -0.39 is 0 Å². The molecule has 5 unspecified atom stereocenters. The van der Waals surface area contributed by atoms with Crippen LogP contribution in [0.4, 0.5) is 11.4 Å². The molecule has 0 radical (unpaired) electrons. The number of ether oxygens (including phenoxy) is 2. The first-order chi connectivity index (χ1) is 27.7. The van der Waals surface area contributed by atoms with Gasteiger partial charge in [-0.05, 0) is 103 Å². The lowest BCUT2D eigenvalue weighted by atomic mass is 9.75. The van der Waals surface area contributed by atoms with Crippen LogP contribution >= 0.6 is 0 Å². The highest BCUT2D eigenvalue weighted by molar-refractivity contribution is 5.89. The second-order valence-electron chi connectivity index (χ2n) is 17.5. The van der Waals surface area contributed by atoms with Gasteiger partial charge in [0.25, 0.3) is 0 Å². The molecule has 284 valence electrons. The summed E-state index contributed by atoms with van der Waals surface area (Å²) in [4.78, 5) is 2.50. The Labute approximate surface area is 338 Å². The summed E-state index contributed by atoms with van der Waals surface area (Å²) in [6, 6.07) is 21.1. The Kier molecular flexibility index (Phi) is 8.37. The minimum Gasteiger partial charge on any atom is -0.489 e. The molecule has 5 aliphatic carbocycles. The molecule has 3 aromatic carbocycles. The zero-order valence-electron chi connectivity index (χ0n) is 33.8. The van der Waals surface area contributed by atoms with Gasteiger partial charge in [0.15, 0.2) is 0 Å². The quantitative estimate of drug-likeness (QED) is 0.225. The largest absolute Gasteiger partial charge is 0.489 e. The van der Waals surface area contributed by atoms with E-state index in [4.69, 9.17) is 9.47 Å². The zero-order valence-corrected chi connectivity index (χ0v) is 33.8. The molecule has 2 aliphatic heterocycles. The van der Waals surface area contributed by atoms with Crippen molar-refractivity contribution in [2.24, 2.45) is 11.8 Å². The number of anilines is 2. The highest BCUT2D eigenvalue weighted by atomic mass is 16.5. The fraction of sp³-hybridized carbons (Fsp3) is 0.259. The van der Waals surface area contributed by atoms with Gasteiger partial charge in [0.05, 0.1) is 5.41 Å². The maximum Gasteiger partial charge on any atom is 0.134 e. The smallest absolute Gasteiger partial charge is 0.134 e. The molecular formula is C54H51NO2. The summed E-state index contributed by atoms with van der Waals surface area (Å²) < 4.78 is 13.4. The summed E-state index contributed by atoms with van der Waals surface area (Å²) >= 11 is 0. The fourth-order valence-corrected chi connectivity index (χ4v) is 10.4. The third-order valence-electron chi connectivity index (χ3n) is 13.6. The molecule has 0 saturated carbocycles. The molecular weight excluding hydrogens is 695 g/mol. The average molecular weight is 746 g/mol. The first kappa shape index (κ1) is 35.6. The molecule has 7 aliphatic rings. The Morgan fingerprint density at radius 2 is 1.60 bits per heavy atom. The minimum atomic E-state index is -0.188. The number of nitrogens with zero attached hydrogens (tertiary/aromatic N) is 1. The molecule has 0 amide bonds. The molecule has 57 heavy (non-hydrogen) atoms. The van der Waals surface area contributed by atoms with Crippen LogP contribution in [0.2, 0.25) is 0 Å². The van der Waals surface area contributed by atoms with Gasteiger partial charge in [-0.3, -0.25) is 0 Å². The SMILES string of the molecule is C=C/C=C\C1=C(C)OC2C1=CC=CC2C1=CC=C(N(c2ccc(C3=CC=CC(C)C3)cc2)c2ccc3c(c2)C(C)(C)c2ccc4c(c2-3)OC2C=CC=CC42C)CC1. The normalized spacial score (nSPS) is 27.0. The van der Waals surface area contributed by atoms with Gasteiger partial charge >= 0.3 is 0 Å². The predicted octanol–water partition coefficient (Wildman–Crippen LogP) is 13.4. The monoisotopic (exact) mass is 745 g/mol. The number of rotatable bonds is 7. The van der Waals surface area contributed by atoms with Crippen molar-refractivity contribution in [1.29, 1.82) is 0 Å². The summed E-state index contributed by atoms with van der Waals surface area (Å²) in [5, 5.41) is 0. The number of fused-ring (bicyclic) bond motifs is 8. The molecule has 5 atom stereocenters. The van der Waals surface area contributed by atoms with Crippen molar-refractivity contribution in [3.8, 4) is 16.9 Å². The number of hydrogen-bond acceptors (Lipinski definition) is 3. The Bertz CT molecular complexity index is 2540. The zero-order chi connectivity index (χ0) is 39.1. The van der Waals surface area contributed by atoms with E-state index in [1.165, 1.54) is 72.7 Å². The lowest BCUT2D eigenvalue weighted by Crippen LogP contribution is -2.32. The topological polar surface area (TPSA) is 21.7 Å². The third kappa shape index (κ3) is 5.61. The summed E-state index contributed by atoms with van der Waals surface area (Å²) in [7, 11) is 0. The maximum atomic E-state index is 6.83. The van der Waals surface area contributed by atoms with E-state index >= 15 is 0 Å². The van der Waals surface area contributed by atoms with Crippen molar-refractivity contribution in [2.45, 2.75) is 76.9 Å². The van der Waals surface area contributed by atoms with Gasteiger partial charge in [0.2, 0.25) is 0 Å². The van der Waals surface area contributed by atoms with E-state index in [-0.39, 0.29) is 29.0 Å². The Morgan fingerprint density at radius 3 is 2.39 bits per heavy atom. The van der Waals surface area contributed by atoms with Crippen LogP contribution in [-0.2, 0) is 15.6 Å². The standard InChI is InChI=1S/C54H51NO2/c1-7-8-15-42-35(3)56-51-43(16-12-17-44(42)51)37-21-25-40(26-22-37)55(39-23-19-36(20-24-39)38-14-11-13-34(2)32-38)41-27-28-45-48(33-41)53(4,5)46-29-30-47-52(50(45)46)57-49-18-9-10-31-54(47,49)6/h7-21,23-25,27-31,33-34,43,49,51H,1,22,26,32H2,2-6H3/b15-8-. The van der Waals surface area contributed by atoms with Crippen molar-refractivity contribution in [3.05, 3.63) is 203 Å². The van der Waals surface area contributed by atoms with Gasteiger partial charge in [-0.1, -0.05) is 142 Å². The van der Waals surface area contributed by atoms with Crippen LogP contribution in [0.5, 0.6) is 5.75 Å². The molecule has 0 spiro atoms. The molecule has 0 fully saturated rings. The minimum absolute atomic E-state index is 0.000510. The number of benzene rings is 3. The molecule has 2 heterocycles. The van der Waals surface area contributed by atoms with Crippen LogP contribution in [0.15, 0.2) is 180 Å². The summed E-state index contributed by atoms with van der Waals surface area (Å²) in [6.45, 7) is 15.3. The van der Waals surface area contributed by atoms with E-state index in [1.807, 2.05) is 12.2 Å². The van der Waals surface area contributed by atoms with Crippen LogP contribution in [0.25, 0.3) is 16.7 Å². The van der Waals surface area contributed by atoms with Gasteiger partial charge in [0.1, 0.15) is 23.7 Å². The van der Waals surface area contributed by atoms with Crippen molar-refractivity contribution in [1.82, 2.24) is 0 Å². The number of hydrogen-bond donors (Lipinski definition) is 0. The first-order valence-corrected chi connectivity index (χ1v) is 20.7. The van der Waals surface area contributed by atoms with Crippen molar-refractivity contribution < 1.29 is 9.47 Å². The van der Waals surface area contributed by atoms with Crippen molar-refractivity contribution >= 4 is 16.9 Å². The predicted molar refractivity (Wildman–Crippen MR) is 237 cm³/mol. The lowest BCUT2D eigenvalue weighted by Gasteiger charge is -2.33. The van der Waals surface area contributed by atoms with E-state index in [9.17, 15) is 0 Å². The summed E-state index contributed by atoms with van der Waals surface area (Å²) in [5.74, 6) is 2.78. The third-order valence-corrected chi connectivity index (χ3v) is 13.6. The molecule has 0 N–H and O–H groups in total. The van der Waals surface area contributed by atoms with E-state index in [0.29, 0.717) is 5.92 Å². The molecule has 10 rings (SSSR count). The van der Waals surface area contributed by atoms with E-state index in [2.05, 4.69) is 180 Å². The van der Waals surface area contributed by atoms with Gasteiger partial charge in [-0.2, -0.15) is 0 Å². The molecule has 3 nitrogen and oxygen atoms in total. The first-order valence-electron chi connectivity index (χ1n) is 20.7. The van der Waals surface area contributed by atoms with Gasteiger partial charge < -0.3 is 14.4 Å². The van der Waals surface area contributed by atoms with E-state index in [1.54, 1.807) is 0 Å². The van der Waals surface area contributed by atoms with Crippen LogP contribution in [0.1, 0.15) is 76.1 Å². The van der Waals surface area contributed by atoms with Crippen molar-refractivity contribution in [2.75, 3.05) is 4.90 Å². The molecule has 3 aromatic rings. The Morgan fingerprint density at radius 1 is 0.789 bits per heavy atom. The van der Waals surface area contributed by atoms with E-state index in [0.717, 1.165) is 30.8 Å². The second-order valence-corrected chi connectivity index (χ2v) is 17.5. The highest BCUT2D eigenvalue weighted by Crippen LogP contribution is 2.59. The fourth-order valence-electron chi connectivity index (χ4n) is 10.4. The summed E-state index contributed by atoms with van der Waals surface area (Å²) in [5.41, 5.74) is 16.3. The average Bonchev–Trinajstić information content (AvgIpc) is 3.80. The Balaban J connectivity index is 1.03. The van der Waals surface area contributed by atoms with Crippen molar-refractivity contribution in [3.63, 3.8) is 0 Å². The highest BCUT2D eigenvalue weighted by Gasteiger charge is 2.48. The van der Waals surface area contributed by atoms with Gasteiger partial charge in [0, 0.05) is 50.7 Å². The molecule has 0 bridgehead atoms. The molecule has 0 saturated heterocycles. The molecule has 0 aromatic heterocycles. The Hall–Kier alpha value is -5.80. The van der Waals surface area contributed by atoms with Crippen LogP contribution in [-0.4, -0.2) is 12.2 Å². The lowest BCUT2D eigenvalue weighted by molar-refractivity contribution is 0.140.